The molecule has 0 spiro atoms. The van der Waals surface area contributed by atoms with Crippen molar-refractivity contribution in [2.75, 3.05) is 17.6 Å². The van der Waals surface area contributed by atoms with Gasteiger partial charge in [-0.25, -0.2) is 0 Å². The Bertz CT molecular complexity index is 370. The minimum absolute atomic E-state index is 0.632. The van der Waals surface area contributed by atoms with Crippen molar-refractivity contribution in [3.8, 4) is 0 Å². The zero-order valence-corrected chi connectivity index (χ0v) is 11.1. The number of hydrogen-bond acceptors (Lipinski definition) is 2. The molecule has 1 fully saturated rings. The predicted molar refractivity (Wildman–Crippen MR) is 75.5 cm³/mol. The summed E-state index contributed by atoms with van der Waals surface area (Å²) in [4.78, 5) is 0. The van der Waals surface area contributed by atoms with Crippen LogP contribution >= 0.6 is 11.6 Å². The molecule has 0 aliphatic heterocycles. The fourth-order valence-electron chi connectivity index (χ4n) is 2.48. The maximum Gasteiger partial charge on any atom is 0.0739 e. The Labute approximate surface area is 109 Å². The van der Waals surface area contributed by atoms with E-state index in [0.29, 0.717) is 10.7 Å². The van der Waals surface area contributed by atoms with Crippen LogP contribution in [0.2, 0.25) is 5.02 Å². The molecule has 0 bridgehead atoms. The van der Waals surface area contributed by atoms with Gasteiger partial charge < -0.3 is 11.1 Å². The zero-order valence-electron chi connectivity index (χ0n) is 10.4. The molecule has 1 aromatic rings. The van der Waals surface area contributed by atoms with E-state index in [0.717, 1.165) is 24.1 Å². The summed E-state index contributed by atoms with van der Waals surface area (Å²) >= 11 is 5.99. The summed E-state index contributed by atoms with van der Waals surface area (Å²) in [5.41, 5.74) is 7.56. The van der Waals surface area contributed by atoms with Gasteiger partial charge in [0.25, 0.3) is 0 Å². The van der Waals surface area contributed by atoms with E-state index in [1.165, 1.54) is 25.7 Å². The van der Waals surface area contributed by atoms with Crippen LogP contribution in [0.25, 0.3) is 0 Å². The molecule has 1 aliphatic carbocycles. The third-order valence-corrected chi connectivity index (χ3v) is 4.10. The van der Waals surface area contributed by atoms with Gasteiger partial charge in [-0.1, -0.05) is 37.4 Å². The highest BCUT2D eigenvalue weighted by molar-refractivity contribution is 6.33. The molecule has 0 heterocycles. The first-order valence-electron chi connectivity index (χ1n) is 6.44. The Balaban J connectivity index is 1.87. The standard InChI is InChI=1S/C14H21ClN2/c1-10-5-7-11(8-6-10)9-17-13-4-2-3-12(15)14(13)16/h2-4,10-11,17H,5-9,16H2,1H3. The Morgan fingerprint density at radius 1 is 1.29 bits per heavy atom. The molecule has 0 unspecified atom stereocenters. The quantitative estimate of drug-likeness (QED) is 0.793. The van der Waals surface area contributed by atoms with E-state index in [4.69, 9.17) is 17.3 Å². The molecule has 3 heteroatoms. The minimum Gasteiger partial charge on any atom is -0.396 e. The molecular weight excluding hydrogens is 232 g/mol. The molecule has 17 heavy (non-hydrogen) atoms. The van der Waals surface area contributed by atoms with Gasteiger partial charge in [0.1, 0.15) is 0 Å². The molecule has 94 valence electrons. The Morgan fingerprint density at radius 2 is 2.00 bits per heavy atom. The van der Waals surface area contributed by atoms with Crippen molar-refractivity contribution in [3.05, 3.63) is 23.2 Å². The van der Waals surface area contributed by atoms with E-state index in [9.17, 15) is 0 Å². The second-order valence-electron chi connectivity index (χ2n) is 5.21. The van der Waals surface area contributed by atoms with Crippen molar-refractivity contribution < 1.29 is 0 Å². The van der Waals surface area contributed by atoms with Crippen molar-refractivity contribution in [3.63, 3.8) is 0 Å². The number of para-hydroxylation sites is 1. The Hall–Kier alpha value is -0.890. The maximum absolute atomic E-state index is 5.99. The average Bonchev–Trinajstić information content (AvgIpc) is 2.33. The van der Waals surface area contributed by atoms with Crippen molar-refractivity contribution in [2.24, 2.45) is 11.8 Å². The molecule has 1 aromatic carbocycles. The van der Waals surface area contributed by atoms with E-state index in [1.54, 1.807) is 0 Å². The fourth-order valence-corrected chi connectivity index (χ4v) is 2.65. The van der Waals surface area contributed by atoms with Crippen LogP contribution in [0.5, 0.6) is 0 Å². The second kappa shape index (κ2) is 5.63. The minimum atomic E-state index is 0.632. The molecule has 2 nitrogen and oxygen atoms in total. The van der Waals surface area contributed by atoms with Gasteiger partial charge in [0.2, 0.25) is 0 Å². The van der Waals surface area contributed by atoms with E-state index < -0.39 is 0 Å². The van der Waals surface area contributed by atoms with Crippen LogP contribution in [0.3, 0.4) is 0 Å². The molecule has 0 radical (unpaired) electrons. The number of nitrogen functional groups attached to an aromatic ring is 1. The van der Waals surface area contributed by atoms with Crippen molar-refractivity contribution in [1.29, 1.82) is 0 Å². The molecule has 0 aromatic heterocycles. The lowest BCUT2D eigenvalue weighted by molar-refractivity contribution is 0.300. The molecule has 1 saturated carbocycles. The fraction of sp³-hybridized carbons (Fsp3) is 0.571. The summed E-state index contributed by atoms with van der Waals surface area (Å²) in [5, 5.41) is 4.06. The molecule has 0 saturated heterocycles. The summed E-state index contributed by atoms with van der Waals surface area (Å²) in [7, 11) is 0. The highest BCUT2D eigenvalue weighted by atomic mass is 35.5. The smallest absolute Gasteiger partial charge is 0.0739 e. The third-order valence-electron chi connectivity index (χ3n) is 3.77. The first-order valence-corrected chi connectivity index (χ1v) is 6.82. The molecule has 1 aliphatic rings. The lowest BCUT2D eigenvalue weighted by atomic mass is 9.83. The van der Waals surface area contributed by atoms with Crippen LogP contribution in [0, 0.1) is 11.8 Å². The highest BCUT2D eigenvalue weighted by Gasteiger charge is 2.18. The largest absolute Gasteiger partial charge is 0.396 e. The normalized spacial score (nSPS) is 24.6. The van der Waals surface area contributed by atoms with E-state index >= 15 is 0 Å². The van der Waals surface area contributed by atoms with Crippen molar-refractivity contribution >= 4 is 23.0 Å². The van der Waals surface area contributed by atoms with Crippen LogP contribution in [0.15, 0.2) is 18.2 Å². The monoisotopic (exact) mass is 252 g/mol. The molecule has 2 rings (SSSR count). The summed E-state index contributed by atoms with van der Waals surface area (Å²) in [6.07, 6.45) is 5.37. The molecule has 0 amide bonds. The van der Waals surface area contributed by atoms with Crippen LogP contribution in [-0.2, 0) is 0 Å². The van der Waals surface area contributed by atoms with E-state index in [1.807, 2.05) is 18.2 Å². The topological polar surface area (TPSA) is 38.0 Å². The average molecular weight is 253 g/mol. The number of nitrogens with two attached hydrogens (primary N) is 1. The first-order chi connectivity index (χ1) is 8.16. The maximum atomic E-state index is 5.99. The third kappa shape index (κ3) is 3.29. The van der Waals surface area contributed by atoms with E-state index in [2.05, 4.69) is 12.2 Å². The number of rotatable bonds is 3. The summed E-state index contributed by atoms with van der Waals surface area (Å²) in [6, 6.07) is 5.75. The van der Waals surface area contributed by atoms with Crippen LogP contribution in [-0.4, -0.2) is 6.54 Å². The van der Waals surface area contributed by atoms with Gasteiger partial charge >= 0.3 is 0 Å². The van der Waals surface area contributed by atoms with Crippen molar-refractivity contribution in [1.82, 2.24) is 0 Å². The molecular formula is C14H21ClN2. The predicted octanol–water partition coefficient (Wildman–Crippen LogP) is 4.16. The van der Waals surface area contributed by atoms with Gasteiger partial charge in [-0.15, -0.1) is 0 Å². The first kappa shape index (κ1) is 12.6. The summed E-state index contributed by atoms with van der Waals surface area (Å²) in [5.74, 6) is 1.69. The van der Waals surface area contributed by atoms with Gasteiger partial charge in [-0.05, 0) is 36.8 Å². The number of halogens is 1. The Morgan fingerprint density at radius 3 is 2.71 bits per heavy atom. The highest BCUT2D eigenvalue weighted by Crippen LogP contribution is 2.30. The number of anilines is 2. The number of nitrogens with one attached hydrogen (secondary N) is 1. The van der Waals surface area contributed by atoms with Crippen LogP contribution in [0.1, 0.15) is 32.6 Å². The van der Waals surface area contributed by atoms with Gasteiger partial charge in [0.15, 0.2) is 0 Å². The van der Waals surface area contributed by atoms with E-state index in [-0.39, 0.29) is 0 Å². The van der Waals surface area contributed by atoms with Gasteiger partial charge in [-0.2, -0.15) is 0 Å². The lowest BCUT2D eigenvalue weighted by Crippen LogP contribution is -2.20. The molecule has 3 N–H and O–H groups in total. The van der Waals surface area contributed by atoms with Crippen LogP contribution in [0.4, 0.5) is 11.4 Å². The molecule has 0 atom stereocenters. The SMILES string of the molecule is CC1CCC(CNc2cccc(Cl)c2N)CC1. The lowest BCUT2D eigenvalue weighted by Gasteiger charge is -2.26. The van der Waals surface area contributed by atoms with Gasteiger partial charge in [0, 0.05) is 6.54 Å². The Kier molecular flexibility index (Phi) is 4.16. The van der Waals surface area contributed by atoms with Gasteiger partial charge in [0.05, 0.1) is 16.4 Å². The van der Waals surface area contributed by atoms with Crippen LogP contribution < -0.4 is 11.1 Å². The van der Waals surface area contributed by atoms with Gasteiger partial charge in [-0.3, -0.25) is 0 Å². The number of benzene rings is 1. The summed E-state index contributed by atoms with van der Waals surface area (Å²) in [6.45, 7) is 3.36. The second-order valence-corrected chi connectivity index (χ2v) is 5.62. The zero-order chi connectivity index (χ0) is 12.3. The van der Waals surface area contributed by atoms with Crippen molar-refractivity contribution in [2.45, 2.75) is 32.6 Å². The summed E-state index contributed by atoms with van der Waals surface area (Å²) < 4.78 is 0. The number of hydrogen-bond donors (Lipinski definition) is 2.